The zero-order chi connectivity index (χ0) is 14.1. The normalized spacial score (nSPS) is 19.8. The molecule has 1 atom stereocenters. The van der Waals surface area contributed by atoms with E-state index < -0.39 is 5.97 Å². The molecule has 1 aliphatic carbocycles. The number of benzene rings is 1. The quantitative estimate of drug-likeness (QED) is 0.860. The number of nitrogens with one attached hydrogen (secondary N) is 1. The van der Waals surface area contributed by atoms with Gasteiger partial charge in [0, 0.05) is 13.0 Å². The first-order chi connectivity index (χ1) is 9.63. The van der Waals surface area contributed by atoms with Gasteiger partial charge < -0.3 is 5.11 Å². The lowest BCUT2D eigenvalue weighted by molar-refractivity contribution is -0.137. The maximum atomic E-state index is 11.3. The molecule has 0 aromatic heterocycles. The third-order valence-electron chi connectivity index (χ3n) is 4.02. The molecule has 1 amide bonds. The van der Waals surface area contributed by atoms with E-state index in [1.54, 1.807) is 0 Å². The van der Waals surface area contributed by atoms with Crippen molar-refractivity contribution in [3.8, 4) is 0 Å². The van der Waals surface area contributed by atoms with Crippen LogP contribution >= 0.6 is 0 Å². The summed E-state index contributed by atoms with van der Waals surface area (Å²) in [6, 6.07) is 7.89. The number of hydrazine groups is 1. The van der Waals surface area contributed by atoms with Gasteiger partial charge in [-0.25, -0.2) is 0 Å². The zero-order valence-corrected chi connectivity index (χ0v) is 11.2. The molecule has 1 aromatic carbocycles. The molecule has 0 spiro atoms. The van der Waals surface area contributed by atoms with Crippen molar-refractivity contribution >= 4 is 17.6 Å². The zero-order valence-electron chi connectivity index (χ0n) is 11.2. The van der Waals surface area contributed by atoms with E-state index in [1.165, 1.54) is 0 Å². The van der Waals surface area contributed by atoms with Crippen molar-refractivity contribution in [3.05, 3.63) is 29.8 Å². The van der Waals surface area contributed by atoms with Gasteiger partial charge in [-0.05, 0) is 42.4 Å². The number of carboxylic acids is 1. The Morgan fingerprint density at radius 3 is 2.85 bits per heavy atom. The first-order valence-corrected chi connectivity index (χ1v) is 7.02. The summed E-state index contributed by atoms with van der Waals surface area (Å²) in [5, 5.41) is 10.9. The predicted molar refractivity (Wildman–Crippen MR) is 74.3 cm³/mol. The number of rotatable bonds is 5. The molecule has 1 saturated heterocycles. The molecule has 1 unspecified atom stereocenters. The number of anilines is 1. The molecular formula is C15H18N2O3. The molecule has 20 heavy (non-hydrogen) atoms. The Balaban J connectivity index is 1.82. The Hall–Kier alpha value is -2.04. The lowest BCUT2D eigenvalue weighted by atomic mass is 9.91. The number of carboxylic acid groups (broad SMARTS) is 1. The van der Waals surface area contributed by atoms with Gasteiger partial charge in [0.1, 0.15) is 0 Å². The number of carbonyl (C=O) groups excluding carboxylic acids is 1. The highest BCUT2D eigenvalue weighted by Crippen LogP contribution is 2.45. The fourth-order valence-corrected chi connectivity index (χ4v) is 2.84. The van der Waals surface area contributed by atoms with Gasteiger partial charge in [0.25, 0.3) is 0 Å². The van der Waals surface area contributed by atoms with E-state index in [2.05, 4.69) is 5.43 Å². The van der Waals surface area contributed by atoms with E-state index in [0.29, 0.717) is 18.9 Å². The minimum Gasteiger partial charge on any atom is -0.481 e. The average Bonchev–Trinajstić information content (AvgIpc) is 3.17. The molecule has 0 radical (unpaired) electrons. The Kier molecular flexibility index (Phi) is 3.34. The highest BCUT2D eigenvalue weighted by atomic mass is 16.4. The Morgan fingerprint density at radius 2 is 2.25 bits per heavy atom. The van der Waals surface area contributed by atoms with Gasteiger partial charge in [0.15, 0.2) is 0 Å². The van der Waals surface area contributed by atoms with Gasteiger partial charge in [-0.2, -0.15) is 0 Å². The van der Waals surface area contributed by atoms with E-state index in [4.69, 9.17) is 5.11 Å². The lowest BCUT2D eigenvalue weighted by Crippen LogP contribution is -2.32. The molecule has 2 fully saturated rings. The smallest absolute Gasteiger partial charge is 0.303 e. The van der Waals surface area contributed by atoms with Crippen molar-refractivity contribution in [2.75, 3.05) is 11.6 Å². The molecule has 106 valence electrons. The second kappa shape index (κ2) is 5.15. The highest BCUT2D eigenvalue weighted by molar-refractivity contribution is 5.81. The number of hydrogen-bond acceptors (Lipinski definition) is 3. The number of aliphatic carboxylic acids is 1. The van der Waals surface area contributed by atoms with Gasteiger partial charge in [-0.15, -0.1) is 0 Å². The highest BCUT2D eigenvalue weighted by Gasteiger charge is 2.34. The fourth-order valence-electron chi connectivity index (χ4n) is 2.84. The first kappa shape index (κ1) is 13.0. The Labute approximate surface area is 117 Å². The van der Waals surface area contributed by atoms with E-state index in [9.17, 15) is 9.59 Å². The number of carbonyl (C=O) groups is 2. The van der Waals surface area contributed by atoms with Crippen LogP contribution in [0.5, 0.6) is 0 Å². The summed E-state index contributed by atoms with van der Waals surface area (Å²) in [5.74, 6) is -0.137. The molecule has 5 nitrogen and oxygen atoms in total. The molecular weight excluding hydrogens is 256 g/mol. The number of amides is 1. The van der Waals surface area contributed by atoms with E-state index in [0.717, 1.165) is 24.1 Å². The summed E-state index contributed by atoms with van der Waals surface area (Å²) in [7, 11) is 0. The van der Waals surface area contributed by atoms with Crippen LogP contribution in [0.1, 0.15) is 37.2 Å². The van der Waals surface area contributed by atoms with Gasteiger partial charge in [-0.3, -0.25) is 20.0 Å². The van der Waals surface area contributed by atoms with Crippen LogP contribution in [0.2, 0.25) is 0 Å². The topological polar surface area (TPSA) is 69.6 Å². The second-order valence-electron chi connectivity index (χ2n) is 5.57. The van der Waals surface area contributed by atoms with Gasteiger partial charge in [-0.1, -0.05) is 12.1 Å². The van der Waals surface area contributed by atoms with Crippen molar-refractivity contribution in [2.45, 2.75) is 31.6 Å². The van der Waals surface area contributed by atoms with Crippen LogP contribution in [-0.4, -0.2) is 23.5 Å². The van der Waals surface area contributed by atoms with Crippen LogP contribution in [0.3, 0.4) is 0 Å². The monoisotopic (exact) mass is 274 g/mol. The van der Waals surface area contributed by atoms with Crippen LogP contribution in [-0.2, 0) is 9.59 Å². The first-order valence-electron chi connectivity index (χ1n) is 7.02. The molecule has 1 saturated carbocycles. The Bertz CT molecular complexity index is 540. The standard InChI is InChI=1S/C15H18N2O3/c18-14-6-7-17(16-14)12-3-1-2-11(8-12)13(9-15(19)20)10-4-5-10/h1-3,8,10,13H,4-7,9H2,(H,16,18)(H,19,20). The van der Waals surface area contributed by atoms with E-state index in [-0.39, 0.29) is 18.2 Å². The molecule has 2 aliphatic rings. The summed E-state index contributed by atoms with van der Waals surface area (Å²) in [6.07, 6.45) is 2.91. The third-order valence-corrected chi connectivity index (χ3v) is 4.02. The SMILES string of the molecule is O=C(O)CC(c1cccc(N2CCC(=O)N2)c1)C1CC1. The fraction of sp³-hybridized carbons (Fsp3) is 0.467. The van der Waals surface area contributed by atoms with Gasteiger partial charge >= 0.3 is 5.97 Å². The third kappa shape index (κ3) is 2.76. The lowest BCUT2D eigenvalue weighted by Gasteiger charge is -2.20. The van der Waals surface area contributed by atoms with E-state index in [1.807, 2.05) is 29.3 Å². The predicted octanol–water partition coefficient (Wildman–Crippen LogP) is 1.90. The maximum absolute atomic E-state index is 11.3. The molecule has 5 heteroatoms. The summed E-state index contributed by atoms with van der Waals surface area (Å²) >= 11 is 0. The molecule has 2 N–H and O–H groups in total. The van der Waals surface area contributed by atoms with E-state index >= 15 is 0 Å². The largest absolute Gasteiger partial charge is 0.481 e. The molecule has 3 rings (SSSR count). The summed E-state index contributed by atoms with van der Waals surface area (Å²) in [6.45, 7) is 0.662. The molecule has 1 aromatic rings. The van der Waals surface area contributed by atoms with Gasteiger partial charge in [0.2, 0.25) is 5.91 Å². The van der Waals surface area contributed by atoms with Crippen LogP contribution in [0.25, 0.3) is 0 Å². The number of hydrogen-bond donors (Lipinski definition) is 2. The summed E-state index contributed by atoms with van der Waals surface area (Å²) in [5.41, 5.74) is 4.80. The van der Waals surface area contributed by atoms with Crippen LogP contribution in [0.4, 0.5) is 5.69 Å². The van der Waals surface area contributed by atoms with Crippen molar-refractivity contribution in [3.63, 3.8) is 0 Å². The van der Waals surface area contributed by atoms with Gasteiger partial charge in [0.05, 0.1) is 12.1 Å². The van der Waals surface area contributed by atoms with Crippen LogP contribution < -0.4 is 10.4 Å². The van der Waals surface area contributed by atoms with Crippen molar-refractivity contribution < 1.29 is 14.7 Å². The summed E-state index contributed by atoms with van der Waals surface area (Å²) < 4.78 is 0. The average molecular weight is 274 g/mol. The van der Waals surface area contributed by atoms with Crippen molar-refractivity contribution in [2.24, 2.45) is 5.92 Å². The molecule has 0 bridgehead atoms. The van der Waals surface area contributed by atoms with Crippen molar-refractivity contribution in [1.82, 2.24) is 5.43 Å². The molecule has 1 heterocycles. The number of nitrogens with zero attached hydrogens (tertiary/aromatic N) is 1. The van der Waals surface area contributed by atoms with Crippen molar-refractivity contribution in [1.29, 1.82) is 0 Å². The molecule has 1 aliphatic heterocycles. The minimum absolute atomic E-state index is 0.0275. The van der Waals surface area contributed by atoms with Crippen LogP contribution in [0, 0.1) is 5.92 Å². The van der Waals surface area contributed by atoms with Crippen LogP contribution in [0.15, 0.2) is 24.3 Å². The summed E-state index contributed by atoms with van der Waals surface area (Å²) in [4.78, 5) is 22.3. The minimum atomic E-state index is -0.748. The second-order valence-corrected chi connectivity index (χ2v) is 5.57. The Morgan fingerprint density at radius 1 is 1.45 bits per heavy atom. The maximum Gasteiger partial charge on any atom is 0.303 e.